The normalized spacial score (nSPS) is 16.2. The second kappa shape index (κ2) is 6.51. The van der Waals surface area contributed by atoms with Crippen molar-refractivity contribution in [3.63, 3.8) is 0 Å². The third kappa shape index (κ3) is 3.48. The van der Waals surface area contributed by atoms with Gasteiger partial charge >= 0.3 is 0 Å². The van der Waals surface area contributed by atoms with Gasteiger partial charge in [0.15, 0.2) is 0 Å². The van der Waals surface area contributed by atoms with Gasteiger partial charge in [0.2, 0.25) is 0 Å². The smallest absolute Gasteiger partial charge is 0.255 e. The highest BCUT2D eigenvalue weighted by molar-refractivity contribution is 5.94. The molecule has 27 heavy (non-hydrogen) atoms. The van der Waals surface area contributed by atoms with Gasteiger partial charge in [-0.1, -0.05) is 0 Å². The van der Waals surface area contributed by atoms with Crippen LogP contribution in [0.5, 0.6) is 0 Å². The summed E-state index contributed by atoms with van der Waals surface area (Å²) in [5.74, 6) is 0.980. The van der Waals surface area contributed by atoms with E-state index in [0.29, 0.717) is 13.1 Å². The van der Waals surface area contributed by atoms with Gasteiger partial charge in [-0.25, -0.2) is 9.37 Å². The van der Waals surface area contributed by atoms with Crippen molar-refractivity contribution in [1.82, 2.24) is 19.4 Å². The maximum Gasteiger partial charge on any atom is 0.255 e. The number of piperidine rings is 1. The van der Waals surface area contributed by atoms with Crippen LogP contribution >= 0.6 is 0 Å². The van der Waals surface area contributed by atoms with E-state index in [4.69, 9.17) is 0 Å². The summed E-state index contributed by atoms with van der Waals surface area (Å²) in [6, 6.07) is 6.50. The third-order valence-electron chi connectivity index (χ3n) is 5.35. The Hall–Kier alpha value is -2.63. The summed E-state index contributed by atoms with van der Waals surface area (Å²) in [6.45, 7) is 7.76. The van der Waals surface area contributed by atoms with Crippen LogP contribution in [0.2, 0.25) is 0 Å². The highest BCUT2D eigenvalue weighted by Crippen LogP contribution is 2.29. The van der Waals surface area contributed by atoms with Gasteiger partial charge in [0, 0.05) is 36.9 Å². The van der Waals surface area contributed by atoms with E-state index >= 15 is 0 Å². The number of carbonyl (C=O) groups is 1. The first-order chi connectivity index (χ1) is 12.8. The zero-order chi connectivity index (χ0) is 19.2. The number of nitrogens with zero attached hydrogens (tertiary/aromatic N) is 3. The van der Waals surface area contributed by atoms with Gasteiger partial charge in [-0.05, 0) is 57.9 Å². The van der Waals surface area contributed by atoms with Gasteiger partial charge in [-0.3, -0.25) is 4.79 Å². The summed E-state index contributed by atoms with van der Waals surface area (Å²) >= 11 is 0. The molecule has 0 spiro atoms. The average Bonchev–Trinajstić information content (AvgIpc) is 3.28. The van der Waals surface area contributed by atoms with Crippen LogP contribution in [0.4, 0.5) is 4.39 Å². The number of hydrogen-bond donors (Lipinski definition) is 1. The molecule has 0 radical (unpaired) electrons. The van der Waals surface area contributed by atoms with Crippen molar-refractivity contribution in [3.05, 3.63) is 53.9 Å². The minimum atomic E-state index is -0.264. The lowest BCUT2D eigenvalue weighted by Gasteiger charge is -2.31. The van der Waals surface area contributed by atoms with Crippen molar-refractivity contribution in [2.75, 3.05) is 13.1 Å². The third-order valence-corrected chi connectivity index (χ3v) is 5.35. The van der Waals surface area contributed by atoms with E-state index in [-0.39, 0.29) is 23.2 Å². The Bertz CT molecular complexity index is 974. The van der Waals surface area contributed by atoms with E-state index in [0.717, 1.165) is 35.3 Å². The predicted octanol–water partition coefficient (Wildman–Crippen LogP) is 4.28. The summed E-state index contributed by atoms with van der Waals surface area (Å²) in [5, 5.41) is 0. The Kier molecular flexibility index (Phi) is 4.29. The number of nitrogens with one attached hydrogen (secondary N) is 1. The monoisotopic (exact) mass is 368 g/mol. The molecule has 2 aromatic heterocycles. The van der Waals surface area contributed by atoms with Crippen LogP contribution in [-0.4, -0.2) is 38.4 Å². The molecule has 0 aliphatic carbocycles. The van der Waals surface area contributed by atoms with E-state index in [1.165, 1.54) is 12.1 Å². The number of fused-ring (bicyclic) bond motifs is 1. The highest BCUT2D eigenvalue weighted by atomic mass is 19.1. The topological polar surface area (TPSA) is 53.9 Å². The van der Waals surface area contributed by atoms with Crippen molar-refractivity contribution in [1.29, 1.82) is 0 Å². The number of H-pyrrole nitrogens is 1. The van der Waals surface area contributed by atoms with Gasteiger partial charge in [-0.15, -0.1) is 0 Å². The van der Waals surface area contributed by atoms with Crippen molar-refractivity contribution >= 4 is 16.9 Å². The largest absolute Gasteiger partial charge is 0.348 e. The minimum Gasteiger partial charge on any atom is -0.348 e. The first-order valence-corrected chi connectivity index (χ1v) is 9.44. The number of imidazole rings is 1. The Morgan fingerprint density at radius 1 is 1.22 bits per heavy atom. The summed E-state index contributed by atoms with van der Waals surface area (Å²) in [7, 11) is 0. The summed E-state index contributed by atoms with van der Waals surface area (Å²) in [5.41, 5.74) is 2.22. The number of rotatable bonds is 2. The van der Waals surface area contributed by atoms with E-state index < -0.39 is 0 Å². The summed E-state index contributed by atoms with van der Waals surface area (Å²) in [6.07, 6.45) is 5.61. The van der Waals surface area contributed by atoms with Crippen molar-refractivity contribution in [3.8, 4) is 0 Å². The number of aromatic amines is 1. The molecule has 1 aromatic carbocycles. The standard InChI is InChI=1S/C21H25FN4O/c1-21(2,3)26-11-8-15(13-26)20(27)25-9-6-14(7-10-25)19-23-17-5-4-16(22)12-18(17)24-19/h4-5,8,11-14H,6-7,9-10H2,1-3H3,(H,23,24). The minimum absolute atomic E-state index is 0.0354. The van der Waals surface area contributed by atoms with E-state index in [9.17, 15) is 9.18 Å². The zero-order valence-electron chi connectivity index (χ0n) is 16.0. The molecular formula is C21H25FN4O. The molecule has 1 N–H and O–H groups in total. The van der Waals surface area contributed by atoms with E-state index in [1.807, 2.05) is 23.4 Å². The Morgan fingerprint density at radius 3 is 2.63 bits per heavy atom. The molecule has 4 rings (SSSR count). The number of carbonyl (C=O) groups excluding carboxylic acids is 1. The fourth-order valence-electron chi connectivity index (χ4n) is 3.67. The molecule has 0 saturated carbocycles. The van der Waals surface area contributed by atoms with Gasteiger partial charge < -0.3 is 14.5 Å². The molecule has 1 aliphatic rings. The lowest BCUT2D eigenvalue weighted by Crippen LogP contribution is -2.38. The fourth-order valence-corrected chi connectivity index (χ4v) is 3.67. The van der Waals surface area contributed by atoms with Gasteiger partial charge in [0.1, 0.15) is 11.6 Å². The molecule has 5 nitrogen and oxygen atoms in total. The molecule has 0 bridgehead atoms. The molecule has 0 unspecified atom stereocenters. The summed E-state index contributed by atoms with van der Waals surface area (Å²) < 4.78 is 15.4. The Balaban J connectivity index is 1.43. The molecule has 1 saturated heterocycles. The fraction of sp³-hybridized carbons (Fsp3) is 0.429. The SMILES string of the molecule is CC(C)(C)n1ccc(C(=O)N2CCC(c3nc4ccc(F)cc4[nH]3)CC2)c1. The Labute approximate surface area is 158 Å². The molecule has 1 amide bonds. The first kappa shape index (κ1) is 17.8. The number of aromatic nitrogens is 3. The number of likely N-dealkylation sites (tertiary alicyclic amines) is 1. The van der Waals surface area contributed by atoms with E-state index in [1.54, 1.807) is 6.07 Å². The number of hydrogen-bond acceptors (Lipinski definition) is 2. The second-order valence-electron chi connectivity index (χ2n) is 8.33. The van der Waals surface area contributed by atoms with Gasteiger partial charge in [0.25, 0.3) is 5.91 Å². The molecule has 1 aliphatic heterocycles. The first-order valence-electron chi connectivity index (χ1n) is 9.44. The quantitative estimate of drug-likeness (QED) is 0.734. The maximum absolute atomic E-state index is 13.4. The molecule has 3 aromatic rings. The molecule has 3 heterocycles. The molecule has 142 valence electrons. The number of benzene rings is 1. The van der Waals surface area contributed by atoms with Crippen LogP contribution in [0.3, 0.4) is 0 Å². The molecular weight excluding hydrogens is 343 g/mol. The Morgan fingerprint density at radius 2 is 1.96 bits per heavy atom. The van der Waals surface area contributed by atoms with Crippen molar-refractivity contribution in [2.24, 2.45) is 0 Å². The van der Waals surface area contributed by atoms with Crippen LogP contribution in [0, 0.1) is 5.82 Å². The maximum atomic E-state index is 13.4. The van der Waals surface area contributed by atoms with Crippen molar-refractivity contribution < 1.29 is 9.18 Å². The van der Waals surface area contributed by atoms with Gasteiger partial charge in [-0.2, -0.15) is 0 Å². The highest BCUT2D eigenvalue weighted by Gasteiger charge is 2.27. The zero-order valence-corrected chi connectivity index (χ0v) is 16.0. The van der Waals surface area contributed by atoms with Gasteiger partial charge in [0.05, 0.1) is 16.6 Å². The number of halogens is 1. The molecule has 0 atom stereocenters. The molecule has 6 heteroatoms. The van der Waals surface area contributed by atoms with Crippen LogP contribution in [0.15, 0.2) is 36.7 Å². The lowest BCUT2D eigenvalue weighted by atomic mass is 9.96. The van der Waals surface area contributed by atoms with E-state index in [2.05, 4.69) is 35.3 Å². The van der Waals surface area contributed by atoms with Crippen LogP contribution < -0.4 is 0 Å². The lowest BCUT2D eigenvalue weighted by molar-refractivity contribution is 0.0711. The molecule has 1 fully saturated rings. The summed E-state index contributed by atoms with van der Waals surface area (Å²) in [4.78, 5) is 22.6. The van der Waals surface area contributed by atoms with Crippen molar-refractivity contribution in [2.45, 2.75) is 45.1 Å². The van der Waals surface area contributed by atoms with Crippen LogP contribution in [-0.2, 0) is 5.54 Å². The van der Waals surface area contributed by atoms with Crippen LogP contribution in [0.25, 0.3) is 11.0 Å². The number of amides is 1. The second-order valence-corrected chi connectivity index (χ2v) is 8.33. The van der Waals surface area contributed by atoms with Crippen LogP contribution in [0.1, 0.15) is 55.7 Å². The predicted molar refractivity (Wildman–Crippen MR) is 103 cm³/mol. The average molecular weight is 368 g/mol.